The summed E-state index contributed by atoms with van der Waals surface area (Å²) in [6.07, 6.45) is 10.4. The third-order valence-corrected chi connectivity index (χ3v) is 4.13. The van der Waals surface area contributed by atoms with Gasteiger partial charge in [-0.25, -0.2) is 0 Å². The zero-order chi connectivity index (χ0) is 16.2. The second-order valence-electron chi connectivity index (χ2n) is 6.30. The van der Waals surface area contributed by atoms with Gasteiger partial charge in [-0.15, -0.1) is 0 Å². The number of phenolic OH excluding ortho intramolecular Hbond substituents is 1. The zero-order valence-electron chi connectivity index (χ0n) is 14.4. The van der Waals surface area contributed by atoms with E-state index in [9.17, 15) is 5.11 Å². The Kier molecular flexibility index (Phi) is 9.93. The molecular formula is C19H33NO2. The number of phenols is 1. The summed E-state index contributed by atoms with van der Waals surface area (Å²) in [4.78, 5) is 2.02. The summed E-state index contributed by atoms with van der Waals surface area (Å²) in [5.74, 6) is 0.355. The fourth-order valence-corrected chi connectivity index (χ4v) is 2.75. The molecule has 0 aromatic heterocycles. The maximum atomic E-state index is 9.95. The van der Waals surface area contributed by atoms with Gasteiger partial charge in [0.25, 0.3) is 0 Å². The molecule has 0 radical (unpaired) electrons. The van der Waals surface area contributed by atoms with E-state index in [-0.39, 0.29) is 6.61 Å². The highest BCUT2D eigenvalue weighted by Crippen LogP contribution is 2.21. The summed E-state index contributed by atoms with van der Waals surface area (Å²) in [6, 6.07) is 5.95. The first-order valence-corrected chi connectivity index (χ1v) is 8.77. The monoisotopic (exact) mass is 307 g/mol. The predicted octanol–water partition coefficient (Wildman–Crippen LogP) is 4.11. The molecule has 0 bridgehead atoms. The number of nitrogens with zero attached hydrogens (tertiary/aromatic N) is 1. The van der Waals surface area contributed by atoms with Gasteiger partial charge in [-0.2, -0.15) is 0 Å². The fourth-order valence-electron chi connectivity index (χ4n) is 2.75. The summed E-state index contributed by atoms with van der Waals surface area (Å²) in [7, 11) is 1.96. The second kappa shape index (κ2) is 11.5. The molecule has 3 heteroatoms. The Hall–Kier alpha value is -1.06. The lowest BCUT2D eigenvalue weighted by molar-refractivity contribution is 0.216. The maximum Gasteiger partial charge on any atom is 0.120 e. The standard InChI is InChI=1S/C19H33NO2/c1-3-4-5-6-7-8-9-10-17-11-12-19(22)18(15-17)16-20(2)13-14-21/h11-12,15,21-22H,3-10,13-14,16H2,1-2H3. The topological polar surface area (TPSA) is 43.7 Å². The van der Waals surface area contributed by atoms with Crippen LogP contribution < -0.4 is 0 Å². The Labute approximate surface area is 136 Å². The molecule has 1 aromatic rings. The van der Waals surface area contributed by atoms with Gasteiger partial charge in [0.15, 0.2) is 0 Å². The molecule has 0 amide bonds. The van der Waals surface area contributed by atoms with E-state index in [1.165, 1.54) is 50.5 Å². The number of hydrogen-bond donors (Lipinski definition) is 2. The first-order chi connectivity index (χ1) is 10.7. The van der Waals surface area contributed by atoms with E-state index in [1.54, 1.807) is 6.07 Å². The van der Waals surface area contributed by atoms with Gasteiger partial charge in [-0.3, -0.25) is 4.90 Å². The van der Waals surface area contributed by atoms with E-state index < -0.39 is 0 Å². The average molecular weight is 307 g/mol. The molecule has 0 atom stereocenters. The van der Waals surface area contributed by atoms with Crippen LogP contribution in [-0.2, 0) is 13.0 Å². The zero-order valence-corrected chi connectivity index (χ0v) is 14.4. The highest BCUT2D eigenvalue weighted by Gasteiger charge is 2.06. The predicted molar refractivity (Wildman–Crippen MR) is 93.2 cm³/mol. The van der Waals surface area contributed by atoms with Crippen LogP contribution in [0.5, 0.6) is 5.75 Å². The lowest BCUT2D eigenvalue weighted by Crippen LogP contribution is -2.21. The van der Waals surface area contributed by atoms with E-state index in [0.29, 0.717) is 18.8 Å². The van der Waals surface area contributed by atoms with Gasteiger partial charge in [-0.1, -0.05) is 57.6 Å². The van der Waals surface area contributed by atoms with Gasteiger partial charge in [0.2, 0.25) is 0 Å². The minimum absolute atomic E-state index is 0.148. The van der Waals surface area contributed by atoms with Crippen LogP contribution in [0, 0.1) is 0 Å². The number of benzene rings is 1. The summed E-state index contributed by atoms with van der Waals surface area (Å²) in [6.45, 7) is 3.70. The number of aromatic hydroxyl groups is 1. The maximum absolute atomic E-state index is 9.95. The summed E-state index contributed by atoms with van der Waals surface area (Å²) in [5.41, 5.74) is 2.26. The molecule has 0 aliphatic carbocycles. The molecular weight excluding hydrogens is 274 g/mol. The molecule has 0 aliphatic rings. The SMILES string of the molecule is CCCCCCCCCc1ccc(O)c(CN(C)CCO)c1. The van der Waals surface area contributed by atoms with Gasteiger partial charge in [0.1, 0.15) is 5.75 Å². The average Bonchev–Trinajstić information content (AvgIpc) is 2.49. The van der Waals surface area contributed by atoms with Gasteiger partial charge in [-0.05, 0) is 31.5 Å². The summed E-state index contributed by atoms with van der Waals surface area (Å²) < 4.78 is 0. The molecule has 0 spiro atoms. The lowest BCUT2D eigenvalue weighted by atomic mass is 10.0. The first-order valence-electron chi connectivity index (χ1n) is 8.77. The number of likely N-dealkylation sites (N-methyl/N-ethyl adjacent to an activating group) is 1. The summed E-state index contributed by atoms with van der Waals surface area (Å²) >= 11 is 0. The number of aliphatic hydroxyl groups excluding tert-OH is 1. The fraction of sp³-hybridized carbons (Fsp3) is 0.684. The molecule has 0 saturated carbocycles. The molecule has 2 N–H and O–H groups in total. The van der Waals surface area contributed by atoms with Crippen molar-refractivity contribution in [3.05, 3.63) is 29.3 Å². The molecule has 126 valence electrons. The molecule has 1 rings (SSSR count). The van der Waals surface area contributed by atoms with Crippen molar-refractivity contribution in [1.29, 1.82) is 0 Å². The van der Waals surface area contributed by atoms with Crippen LogP contribution in [-0.4, -0.2) is 35.3 Å². The van der Waals surface area contributed by atoms with Crippen LogP contribution in [0.25, 0.3) is 0 Å². The van der Waals surface area contributed by atoms with E-state index in [1.807, 2.05) is 18.0 Å². The number of unbranched alkanes of at least 4 members (excludes halogenated alkanes) is 6. The largest absolute Gasteiger partial charge is 0.508 e. The van der Waals surface area contributed by atoms with Crippen molar-refractivity contribution in [3.8, 4) is 5.75 Å². The molecule has 0 heterocycles. The highest BCUT2D eigenvalue weighted by molar-refractivity contribution is 5.36. The van der Waals surface area contributed by atoms with Crippen molar-refractivity contribution in [2.45, 2.75) is 64.8 Å². The van der Waals surface area contributed by atoms with Crippen LogP contribution in [0.1, 0.15) is 63.0 Å². The van der Waals surface area contributed by atoms with Crippen molar-refractivity contribution in [3.63, 3.8) is 0 Å². The Balaban J connectivity index is 2.35. The quantitative estimate of drug-likeness (QED) is 0.571. The normalized spacial score (nSPS) is 11.3. The van der Waals surface area contributed by atoms with Gasteiger partial charge < -0.3 is 10.2 Å². The van der Waals surface area contributed by atoms with Gasteiger partial charge in [0.05, 0.1) is 6.61 Å². The third kappa shape index (κ3) is 7.81. The van der Waals surface area contributed by atoms with Crippen LogP contribution in [0.3, 0.4) is 0 Å². The molecule has 0 saturated heterocycles. The molecule has 22 heavy (non-hydrogen) atoms. The smallest absolute Gasteiger partial charge is 0.120 e. The molecule has 0 unspecified atom stereocenters. The summed E-state index contributed by atoms with van der Waals surface area (Å²) in [5, 5.41) is 18.9. The van der Waals surface area contributed by atoms with Crippen LogP contribution >= 0.6 is 0 Å². The number of aliphatic hydroxyl groups is 1. The second-order valence-corrected chi connectivity index (χ2v) is 6.30. The number of rotatable bonds is 12. The Morgan fingerprint density at radius 1 is 1.00 bits per heavy atom. The van der Waals surface area contributed by atoms with E-state index >= 15 is 0 Å². The lowest BCUT2D eigenvalue weighted by Gasteiger charge is -2.16. The van der Waals surface area contributed by atoms with E-state index in [2.05, 4.69) is 13.0 Å². The van der Waals surface area contributed by atoms with Crippen LogP contribution in [0.2, 0.25) is 0 Å². The van der Waals surface area contributed by atoms with Crippen LogP contribution in [0.4, 0.5) is 0 Å². The van der Waals surface area contributed by atoms with Crippen molar-refractivity contribution in [1.82, 2.24) is 4.90 Å². The van der Waals surface area contributed by atoms with E-state index in [4.69, 9.17) is 5.11 Å². The third-order valence-electron chi connectivity index (χ3n) is 4.13. The Morgan fingerprint density at radius 2 is 1.68 bits per heavy atom. The molecule has 3 nitrogen and oxygen atoms in total. The van der Waals surface area contributed by atoms with Crippen molar-refractivity contribution < 1.29 is 10.2 Å². The molecule has 0 aliphatic heterocycles. The van der Waals surface area contributed by atoms with Crippen LogP contribution in [0.15, 0.2) is 18.2 Å². The van der Waals surface area contributed by atoms with E-state index in [0.717, 1.165) is 12.0 Å². The van der Waals surface area contributed by atoms with Crippen molar-refractivity contribution >= 4 is 0 Å². The van der Waals surface area contributed by atoms with Gasteiger partial charge in [0, 0.05) is 18.7 Å². The Bertz CT molecular complexity index is 406. The number of aryl methyl sites for hydroxylation is 1. The van der Waals surface area contributed by atoms with Crippen molar-refractivity contribution in [2.24, 2.45) is 0 Å². The number of hydrogen-bond acceptors (Lipinski definition) is 3. The molecule has 0 fully saturated rings. The van der Waals surface area contributed by atoms with Crippen molar-refractivity contribution in [2.75, 3.05) is 20.2 Å². The first kappa shape index (κ1) is 19.0. The molecule has 1 aromatic carbocycles. The minimum Gasteiger partial charge on any atom is -0.508 e. The Morgan fingerprint density at radius 3 is 2.36 bits per heavy atom. The van der Waals surface area contributed by atoms with Gasteiger partial charge >= 0.3 is 0 Å². The minimum atomic E-state index is 0.148. The highest BCUT2D eigenvalue weighted by atomic mass is 16.3.